The number of allylic oxidation sites excluding steroid dienone is 9. The van der Waals surface area contributed by atoms with Crippen molar-refractivity contribution in [2.45, 2.75) is 0 Å². The monoisotopic (exact) mass is 996 g/mol. The summed E-state index contributed by atoms with van der Waals surface area (Å²) in [6.07, 6.45) is 25.2. The number of hydrogen-bond donors (Lipinski definition) is 1. The number of aliphatic carboxylic acids is 1. The molecule has 0 atom stereocenters. The van der Waals surface area contributed by atoms with Crippen LogP contribution in [-0.4, -0.2) is 68.7 Å². The summed E-state index contributed by atoms with van der Waals surface area (Å²) in [5, 5.41) is 57.8. The van der Waals surface area contributed by atoms with Crippen LogP contribution in [0.5, 0.6) is 0 Å². The predicted molar refractivity (Wildman–Crippen MR) is 276 cm³/mol. The number of nitro groups is 4. The van der Waals surface area contributed by atoms with Gasteiger partial charge in [0.15, 0.2) is 5.78 Å². The fourth-order valence-electron chi connectivity index (χ4n) is 5.60. The summed E-state index contributed by atoms with van der Waals surface area (Å²) in [6.45, 7) is 0. The molecule has 2 heterocycles. The molecule has 21 nitrogen and oxygen atoms in total. The first-order valence-electron chi connectivity index (χ1n) is 21.3. The van der Waals surface area contributed by atoms with Gasteiger partial charge in [0, 0.05) is 78.6 Å². The lowest BCUT2D eigenvalue weighted by Gasteiger charge is -1.94. The first-order chi connectivity index (χ1) is 35.6. The van der Waals surface area contributed by atoms with Gasteiger partial charge in [0.2, 0.25) is 0 Å². The van der Waals surface area contributed by atoms with E-state index in [1.165, 1.54) is 83.7 Å². The molecule has 7 aromatic rings. The lowest BCUT2D eigenvalue weighted by Crippen LogP contribution is -2.08. The summed E-state index contributed by atoms with van der Waals surface area (Å²) < 4.78 is 1.23. The Kier molecular flexibility index (Phi) is 22.3. The van der Waals surface area contributed by atoms with Crippen molar-refractivity contribution in [3.63, 3.8) is 0 Å². The predicted octanol–water partition coefficient (Wildman–Crippen LogP) is 10.7. The van der Waals surface area contributed by atoms with E-state index in [2.05, 4.69) is 15.3 Å². The highest BCUT2D eigenvalue weighted by molar-refractivity contribution is 6.04. The van der Waals surface area contributed by atoms with Gasteiger partial charge in [0.05, 0.1) is 25.2 Å². The van der Waals surface area contributed by atoms with Gasteiger partial charge in [0.1, 0.15) is 11.8 Å². The van der Waals surface area contributed by atoms with Crippen LogP contribution in [0.25, 0.3) is 35.3 Å². The fourth-order valence-corrected chi connectivity index (χ4v) is 5.60. The third kappa shape index (κ3) is 19.5. The smallest absolute Gasteiger partial charge is 0.328 e. The Morgan fingerprint density at radius 2 is 0.892 bits per heavy atom. The molecule has 0 saturated carbocycles. The molecule has 0 amide bonds. The van der Waals surface area contributed by atoms with Crippen molar-refractivity contribution >= 4 is 82.0 Å². The lowest BCUT2D eigenvalue weighted by molar-refractivity contribution is -0.385. The van der Waals surface area contributed by atoms with Crippen LogP contribution in [-0.2, 0) is 9.59 Å². The molecule has 0 unspecified atom stereocenters. The molecule has 21 heteroatoms. The average molecular weight is 997 g/mol. The lowest BCUT2D eigenvalue weighted by atomic mass is 10.1. The Bertz CT molecular complexity index is 3290. The first kappa shape index (κ1) is 55.5. The van der Waals surface area contributed by atoms with Gasteiger partial charge in [-0.25, -0.2) is 4.79 Å². The SMILES string of the molecule is O=C(/C=C/C=C/c1ccc([N+](=O)[O-])cc1)c1cccnc1.O=C(/C=C/C=C/c1ccc([N+](=O)[O-])cc1)n1nnc2ccccc21.O=C(O)/C=C/C=C/c1ccc([N+](=O)[O-])cc1.O=C/C=C/c1ccc([N+](=O)[O-])cc1. The molecule has 370 valence electrons. The highest BCUT2D eigenvalue weighted by atomic mass is 16.6. The number of non-ortho nitro benzene ring substituents is 4. The second kappa shape index (κ2) is 29.7. The summed E-state index contributed by atoms with van der Waals surface area (Å²) >= 11 is 0. The quantitative estimate of drug-likeness (QED) is 0.0235. The highest BCUT2D eigenvalue weighted by Gasteiger charge is 2.09. The molecule has 0 aliphatic carbocycles. The van der Waals surface area contributed by atoms with E-state index in [9.17, 15) is 59.6 Å². The van der Waals surface area contributed by atoms with Crippen molar-refractivity contribution in [1.29, 1.82) is 0 Å². The Morgan fingerprint density at radius 1 is 0.486 bits per heavy atom. The minimum Gasteiger partial charge on any atom is -0.478 e. The van der Waals surface area contributed by atoms with Crippen LogP contribution in [0.1, 0.15) is 37.4 Å². The van der Waals surface area contributed by atoms with Crippen LogP contribution >= 0.6 is 0 Å². The van der Waals surface area contributed by atoms with Crippen molar-refractivity contribution in [3.05, 3.63) is 275 Å². The van der Waals surface area contributed by atoms with E-state index in [1.54, 1.807) is 134 Å². The third-order valence-electron chi connectivity index (χ3n) is 9.21. The van der Waals surface area contributed by atoms with Gasteiger partial charge in [-0.3, -0.25) is 59.8 Å². The Balaban J connectivity index is 0.000000219. The number of hydrogen-bond acceptors (Lipinski definition) is 15. The Hall–Kier alpha value is -11.1. The van der Waals surface area contributed by atoms with Crippen molar-refractivity contribution < 1.29 is 44.0 Å². The van der Waals surface area contributed by atoms with Crippen LogP contribution in [0, 0.1) is 40.5 Å². The maximum Gasteiger partial charge on any atom is 0.328 e. The molecule has 0 aliphatic rings. The molecule has 0 saturated heterocycles. The summed E-state index contributed by atoms with van der Waals surface area (Å²) in [6, 6.07) is 34.8. The van der Waals surface area contributed by atoms with E-state index in [4.69, 9.17) is 5.11 Å². The normalized spacial score (nSPS) is 11.0. The van der Waals surface area contributed by atoms with Crippen LogP contribution in [0.4, 0.5) is 22.7 Å². The third-order valence-corrected chi connectivity index (χ3v) is 9.21. The first-order valence-corrected chi connectivity index (χ1v) is 21.3. The number of rotatable bonds is 16. The number of pyridine rings is 1. The van der Waals surface area contributed by atoms with E-state index in [0.717, 1.165) is 28.3 Å². The van der Waals surface area contributed by atoms with Crippen LogP contribution in [0.15, 0.2) is 207 Å². The number of aromatic nitrogens is 4. The highest BCUT2D eigenvalue weighted by Crippen LogP contribution is 2.16. The number of carboxylic acid groups (broad SMARTS) is 1. The van der Waals surface area contributed by atoms with Gasteiger partial charge in [-0.05, 0) is 107 Å². The molecule has 2 aromatic heterocycles. The van der Waals surface area contributed by atoms with Gasteiger partial charge in [-0.2, -0.15) is 4.68 Å². The molecule has 0 radical (unpaired) electrons. The number of ketones is 1. The van der Waals surface area contributed by atoms with Crippen LogP contribution < -0.4 is 0 Å². The number of para-hydroxylation sites is 1. The maximum absolute atomic E-state index is 12.1. The number of aldehydes is 1. The number of carbonyl (C=O) groups excluding carboxylic acids is 3. The molecule has 5 aromatic carbocycles. The van der Waals surface area contributed by atoms with Crippen molar-refractivity contribution in [1.82, 2.24) is 20.0 Å². The Morgan fingerprint density at radius 3 is 1.28 bits per heavy atom. The van der Waals surface area contributed by atoms with E-state index < -0.39 is 25.7 Å². The van der Waals surface area contributed by atoms with Gasteiger partial charge < -0.3 is 5.11 Å². The minimum absolute atomic E-state index is 0.0261. The zero-order valence-electron chi connectivity index (χ0n) is 38.4. The number of fused-ring (bicyclic) bond motifs is 1. The number of nitrogens with zero attached hydrogens (tertiary/aromatic N) is 8. The Labute approximate surface area is 419 Å². The van der Waals surface area contributed by atoms with Crippen molar-refractivity contribution in [2.75, 3.05) is 0 Å². The molecule has 74 heavy (non-hydrogen) atoms. The molecule has 0 fully saturated rings. The maximum atomic E-state index is 12.1. The molecule has 0 bridgehead atoms. The van der Waals surface area contributed by atoms with Gasteiger partial charge >= 0.3 is 5.97 Å². The number of carbonyl (C=O) groups is 4. The van der Waals surface area contributed by atoms with E-state index in [1.807, 2.05) is 12.1 Å². The number of carboxylic acids is 1. The fraction of sp³-hybridized carbons (Fsp3) is 0. The summed E-state index contributed by atoms with van der Waals surface area (Å²) in [7, 11) is 0. The topological polar surface area (TPSA) is 305 Å². The molecular formula is C53H40N8O13. The van der Waals surface area contributed by atoms with E-state index in [0.29, 0.717) is 22.9 Å². The molecule has 1 N–H and O–H groups in total. The van der Waals surface area contributed by atoms with E-state index in [-0.39, 0.29) is 34.4 Å². The zero-order valence-corrected chi connectivity index (χ0v) is 38.4. The second-order valence-corrected chi connectivity index (χ2v) is 14.3. The molecule has 0 aliphatic heterocycles. The van der Waals surface area contributed by atoms with Crippen molar-refractivity contribution in [2.24, 2.45) is 0 Å². The molecule has 0 spiro atoms. The van der Waals surface area contributed by atoms with Crippen LogP contribution in [0.3, 0.4) is 0 Å². The second-order valence-electron chi connectivity index (χ2n) is 14.3. The van der Waals surface area contributed by atoms with Crippen molar-refractivity contribution in [3.8, 4) is 0 Å². The number of nitro benzene ring substituents is 4. The molecular weight excluding hydrogens is 957 g/mol. The summed E-state index contributed by atoms with van der Waals surface area (Å²) in [5.41, 5.74) is 5.12. The van der Waals surface area contributed by atoms with Crippen LogP contribution in [0.2, 0.25) is 0 Å². The van der Waals surface area contributed by atoms with Gasteiger partial charge in [-0.15, -0.1) is 5.10 Å². The minimum atomic E-state index is -1.02. The van der Waals surface area contributed by atoms with Gasteiger partial charge in [0.25, 0.3) is 28.7 Å². The summed E-state index contributed by atoms with van der Waals surface area (Å²) in [4.78, 5) is 87.7. The largest absolute Gasteiger partial charge is 0.478 e. The number of benzene rings is 5. The van der Waals surface area contributed by atoms with Gasteiger partial charge in [-0.1, -0.05) is 78.1 Å². The van der Waals surface area contributed by atoms with E-state index >= 15 is 0 Å². The zero-order chi connectivity index (χ0) is 53.7. The standard InChI is InChI=1S/C17H12N4O3.C16H12N2O3.C11H9NO4.C9H7NO3/c22-17(20-16-7-3-2-6-15(16)18-19-20)8-4-1-5-13-9-11-14(12-10-13)21(23)24;19-16(14-5-3-11-17-12-14)6-2-1-4-13-7-9-15(10-8-13)18(20)21;13-11(14)4-2-1-3-9-5-7-10(8-6-9)12(15)16;11-7-1-2-8-3-5-9(6-4-8)10(12)13/h1-12H;1-12H;1-8H,(H,13,14);1-7H/b5-1+,8-4+;4-1+,6-2+;3-1+,4-2+;2-1+. The molecule has 7 rings (SSSR count). The summed E-state index contributed by atoms with van der Waals surface area (Å²) in [5.74, 6) is -1.46. The average Bonchev–Trinajstić information content (AvgIpc) is 3.85.